The number of hydrogen-bond donors (Lipinski definition) is 1. The van der Waals surface area contributed by atoms with Crippen molar-refractivity contribution in [2.45, 2.75) is 13.5 Å². The molecule has 0 amide bonds. The van der Waals surface area contributed by atoms with E-state index in [1.165, 1.54) is 12.1 Å². The Morgan fingerprint density at radius 1 is 1.29 bits per heavy atom. The number of nitrogens with one attached hydrogen (secondary N) is 1. The Balaban J connectivity index is 0.000000505. The smallest absolute Gasteiger partial charge is 0.228 e. The molecule has 3 nitrogen and oxygen atoms in total. The van der Waals surface area contributed by atoms with Crippen molar-refractivity contribution < 1.29 is 18.3 Å². The predicted octanol–water partition coefficient (Wildman–Crippen LogP) is 5.30. The van der Waals surface area contributed by atoms with Gasteiger partial charge in [0, 0.05) is 23.3 Å². The van der Waals surface area contributed by atoms with Crippen LogP contribution in [0.2, 0.25) is 5.02 Å². The summed E-state index contributed by atoms with van der Waals surface area (Å²) in [5.74, 6) is 0.391. The topological polar surface area (TPSA) is 30.5 Å². The number of halogens is 3. The highest BCUT2D eigenvalue weighted by Crippen LogP contribution is 2.27. The van der Waals surface area contributed by atoms with Gasteiger partial charge in [0.05, 0.1) is 0 Å². The van der Waals surface area contributed by atoms with Crippen molar-refractivity contribution in [3.05, 3.63) is 58.4 Å². The van der Waals surface area contributed by atoms with Crippen LogP contribution in [0.4, 0.5) is 14.5 Å². The molecule has 0 bridgehead atoms. The van der Waals surface area contributed by atoms with Gasteiger partial charge in [-0.25, -0.2) is 8.78 Å². The first-order valence-corrected chi connectivity index (χ1v) is 7.83. The van der Waals surface area contributed by atoms with Crippen LogP contribution < -0.4 is 10.1 Å². The van der Waals surface area contributed by atoms with E-state index < -0.39 is 6.86 Å². The first-order valence-electron chi connectivity index (χ1n) is 6.98. The molecule has 2 rings (SSSR count). The zero-order valence-corrected chi connectivity index (χ0v) is 14.9. The average Bonchev–Trinajstić information content (AvgIpc) is 2.56. The summed E-state index contributed by atoms with van der Waals surface area (Å²) in [5.41, 5.74) is 3.46. The van der Waals surface area contributed by atoms with Crippen molar-refractivity contribution in [2.24, 2.45) is 0 Å². The van der Waals surface area contributed by atoms with Crippen LogP contribution in [0.25, 0.3) is 0 Å². The minimum Gasteiger partial charge on any atom is -0.488 e. The van der Waals surface area contributed by atoms with Crippen LogP contribution in [0.1, 0.15) is 11.1 Å². The molecule has 0 aliphatic heterocycles. The molecule has 0 aliphatic rings. The van der Waals surface area contributed by atoms with Gasteiger partial charge in [-0.3, -0.25) is 0 Å². The van der Waals surface area contributed by atoms with Gasteiger partial charge in [0.25, 0.3) is 0 Å². The van der Waals surface area contributed by atoms with Crippen molar-refractivity contribution in [2.75, 3.05) is 19.2 Å². The third-order valence-electron chi connectivity index (χ3n) is 3.03. The molecule has 0 fully saturated rings. The Hall–Kier alpha value is -1.92. The fraction of sp³-hybridized carbons (Fsp3) is 0.235. The summed E-state index contributed by atoms with van der Waals surface area (Å²) in [5, 5.41) is 3.72. The number of aryl methyl sites for hydroxylation is 1. The molecule has 0 radical (unpaired) electrons. The summed E-state index contributed by atoms with van der Waals surface area (Å²) in [4.78, 5) is 0. The highest BCUT2D eigenvalue weighted by atomic mass is 35.5. The standard InChI is InChI=1S/C15H15ClFNO.C2H3FOS/c1-10-8-11(17)6-7-15(10)19-9-12-13(16)4-3-5-14(12)18-2;3-1-4-2-5/h3-8,18H,9H2,1-2H3;2H,1H2. The van der Waals surface area contributed by atoms with Crippen LogP contribution in [0.3, 0.4) is 0 Å². The van der Waals surface area contributed by atoms with Gasteiger partial charge in [0.1, 0.15) is 23.7 Å². The minimum absolute atomic E-state index is 0.265. The summed E-state index contributed by atoms with van der Waals surface area (Å²) < 4.78 is 33.2. The Kier molecular flexibility index (Phi) is 9.04. The number of hydrogen-bond acceptors (Lipinski definition) is 4. The van der Waals surface area contributed by atoms with Gasteiger partial charge in [-0.15, -0.1) is 0 Å². The normalized spacial score (nSPS) is 9.54. The van der Waals surface area contributed by atoms with Gasteiger partial charge in [0.2, 0.25) is 6.86 Å². The van der Waals surface area contributed by atoms with E-state index in [1.54, 1.807) is 6.07 Å². The lowest BCUT2D eigenvalue weighted by molar-refractivity contribution is 0.194. The van der Waals surface area contributed by atoms with Crippen LogP contribution in [0, 0.1) is 12.7 Å². The van der Waals surface area contributed by atoms with Gasteiger partial charge in [-0.2, -0.15) is 0 Å². The van der Waals surface area contributed by atoms with Crippen molar-refractivity contribution in [3.63, 3.8) is 0 Å². The SMILES string of the molecule is CNc1cccc(Cl)c1COc1ccc(F)cc1C.FCOC=S. The van der Waals surface area contributed by atoms with E-state index in [9.17, 15) is 8.78 Å². The van der Waals surface area contributed by atoms with Crippen molar-refractivity contribution >= 4 is 35.1 Å². The van der Waals surface area contributed by atoms with E-state index in [4.69, 9.17) is 16.3 Å². The van der Waals surface area contributed by atoms with E-state index >= 15 is 0 Å². The molecule has 7 heteroatoms. The van der Waals surface area contributed by atoms with E-state index in [1.807, 2.05) is 32.2 Å². The van der Waals surface area contributed by atoms with E-state index in [-0.39, 0.29) is 5.82 Å². The fourth-order valence-corrected chi connectivity index (χ4v) is 2.17. The molecule has 0 spiro atoms. The predicted molar refractivity (Wildman–Crippen MR) is 97.2 cm³/mol. The van der Waals surface area contributed by atoms with Gasteiger partial charge in [-0.1, -0.05) is 17.7 Å². The first-order chi connectivity index (χ1) is 11.5. The molecular formula is C17H18ClF2NO2S. The second-order valence-corrected chi connectivity index (χ2v) is 5.19. The molecule has 0 aromatic heterocycles. The van der Waals surface area contributed by atoms with Gasteiger partial charge < -0.3 is 14.8 Å². The van der Waals surface area contributed by atoms with Crippen molar-refractivity contribution in [3.8, 4) is 5.75 Å². The van der Waals surface area contributed by atoms with Crippen LogP contribution in [0.5, 0.6) is 5.75 Å². The molecule has 2 aromatic carbocycles. The molecule has 0 saturated heterocycles. The summed E-state index contributed by atoms with van der Waals surface area (Å²) in [6.07, 6.45) is 0. The molecule has 24 heavy (non-hydrogen) atoms. The number of alkyl halides is 1. The van der Waals surface area contributed by atoms with E-state index in [0.717, 1.165) is 22.4 Å². The number of anilines is 1. The third-order valence-corrected chi connectivity index (χ3v) is 3.52. The molecule has 130 valence electrons. The molecule has 0 heterocycles. The van der Waals surface area contributed by atoms with Crippen LogP contribution in [-0.4, -0.2) is 19.5 Å². The van der Waals surface area contributed by atoms with E-state index in [2.05, 4.69) is 22.3 Å². The van der Waals surface area contributed by atoms with Crippen LogP contribution >= 0.6 is 23.8 Å². The Morgan fingerprint density at radius 2 is 2.04 bits per heavy atom. The number of rotatable bonds is 6. The molecular weight excluding hydrogens is 356 g/mol. The maximum absolute atomic E-state index is 13.0. The summed E-state index contributed by atoms with van der Waals surface area (Å²) in [6, 6.07) is 10.1. The second kappa shape index (κ2) is 10.8. The van der Waals surface area contributed by atoms with E-state index in [0.29, 0.717) is 17.4 Å². The number of benzene rings is 2. The van der Waals surface area contributed by atoms with Crippen molar-refractivity contribution in [1.82, 2.24) is 0 Å². The molecule has 0 aliphatic carbocycles. The maximum atomic E-state index is 13.0. The lowest BCUT2D eigenvalue weighted by Crippen LogP contribution is -2.02. The summed E-state index contributed by atoms with van der Waals surface area (Å²) >= 11 is 10.2. The fourth-order valence-electron chi connectivity index (χ4n) is 1.89. The quantitative estimate of drug-likeness (QED) is 0.696. The van der Waals surface area contributed by atoms with Crippen molar-refractivity contribution in [1.29, 1.82) is 0 Å². The third kappa shape index (κ3) is 6.29. The van der Waals surface area contributed by atoms with Gasteiger partial charge >= 0.3 is 0 Å². The molecule has 2 aromatic rings. The number of ether oxygens (including phenoxy) is 2. The largest absolute Gasteiger partial charge is 0.488 e. The van der Waals surface area contributed by atoms with Crippen LogP contribution in [-0.2, 0) is 11.3 Å². The lowest BCUT2D eigenvalue weighted by Gasteiger charge is -2.13. The lowest BCUT2D eigenvalue weighted by atomic mass is 10.2. The highest BCUT2D eigenvalue weighted by Gasteiger charge is 2.08. The molecule has 0 unspecified atom stereocenters. The zero-order valence-electron chi connectivity index (χ0n) is 13.3. The second-order valence-electron chi connectivity index (χ2n) is 4.59. The Morgan fingerprint density at radius 3 is 2.58 bits per heavy atom. The molecule has 1 N–H and O–H groups in total. The zero-order chi connectivity index (χ0) is 17.9. The monoisotopic (exact) mass is 373 g/mol. The highest BCUT2D eigenvalue weighted by molar-refractivity contribution is 7.78. The number of thiocarbonyl (C=S) groups is 1. The molecule has 0 saturated carbocycles. The summed E-state index contributed by atoms with van der Waals surface area (Å²) in [7, 11) is 1.83. The Labute approximate surface area is 150 Å². The van der Waals surface area contributed by atoms with Gasteiger partial charge in [0.15, 0.2) is 0 Å². The minimum atomic E-state index is -0.816. The maximum Gasteiger partial charge on any atom is 0.228 e. The summed E-state index contributed by atoms with van der Waals surface area (Å²) in [6.45, 7) is 1.33. The average molecular weight is 374 g/mol. The first kappa shape index (κ1) is 20.1. The van der Waals surface area contributed by atoms with Gasteiger partial charge in [-0.05, 0) is 55.0 Å². The van der Waals surface area contributed by atoms with Crippen LogP contribution in [0.15, 0.2) is 36.4 Å². The Bertz CT molecular complexity index is 671. The molecule has 0 atom stereocenters.